The Kier molecular flexibility index (Phi) is 5.66. The average molecular weight is 470 g/mol. The molecule has 1 amide bonds. The van der Waals surface area contributed by atoms with Gasteiger partial charge in [0.15, 0.2) is 5.76 Å². The van der Waals surface area contributed by atoms with E-state index in [-0.39, 0.29) is 17.4 Å². The zero-order valence-electron chi connectivity index (χ0n) is 19.5. The number of H-pyrrole nitrogens is 1. The number of carbonyl (C=O) groups excluding carboxylic acids is 1. The summed E-state index contributed by atoms with van der Waals surface area (Å²) in [4.78, 5) is 33.3. The van der Waals surface area contributed by atoms with Crippen LogP contribution in [0.3, 0.4) is 0 Å². The van der Waals surface area contributed by atoms with E-state index < -0.39 is 0 Å². The van der Waals surface area contributed by atoms with Crippen molar-refractivity contribution in [2.75, 3.05) is 11.9 Å². The summed E-state index contributed by atoms with van der Waals surface area (Å²) >= 11 is 0. The van der Waals surface area contributed by atoms with Crippen LogP contribution in [0.1, 0.15) is 28.5 Å². The van der Waals surface area contributed by atoms with E-state index in [1.54, 1.807) is 38.1 Å². The number of benzene rings is 2. The lowest BCUT2D eigenvalue weighted by Crippen LogP contribution is -2.21. The first kappa shape index (κ1) is 22.1. The molecule has 0 spiro atoms. The van der Waals surface area contributed by atoms with E-state index in [1.165, 1.54) is 10.9 Å². The number of nitrogens with zero attached hydrogens (tertiary/aromatic N) is 3. The molecular weight excluding hydrogens is 446 g/mol. The molecule has 3 aromatic heterocycles. The van der Waals surface area contributed by atoms with Gasteiger partial charge in [0.25, 0.3) is 11.5 Å². The molecule has 0 saturated heterocycles. The molecule has 0 aliphatic carbocycles. The monoisotopic (exact) mass is 469 g/mol. The lowest BCUT2D eigenvalue weighted by atomic mass is 10.0. The SMILES string of the molecule is CCOc1ccc2ccccc2c1C(=O)Nc1cc(-c2ccco2)nn1-c1nc(C)c(C)c(=O)[nH]1. The average Bonchev–Trinajstić information content (AvgIpc) is 3.52. The smallest absolute Gasteiger partial charge is 0.261 e. The molecule has 0 unspecified atom stereocenters. The normalized spacial score (nSPS) is 11.1. The molecule has 5 aromatic rings. The third-order valence-corrected chi connectivity index (χ3v) is 5.73. The van der Waals surface area contributed by atoms with Gasteiger partial charge in [-0.15, -0.1) is 0 Å². The number of rotatable bonds is 6. The molecule has 5 rings (SSSR count). The molecular formula is C26H23N5O4. The van der Waals surface area contributed by atoms with Gasteiger partial charge >= 0.3 is 0 Å². The number of hydrogen-bond donors (Lipinski definition) is 2. The first-order valence-corrected chi connectivity index (χ1v) is 11.1. The lowest BCUT2D eigenvalue weighted by molar-refractivity contribution is 0.102. The summed E-state index contributed by atoms with van der Waals surface area (Å²) in [6, 6.07) is 16.5. The van der Waals surface area contributed by atoms with Gasteiger partial charge in [0, 0.05) is 17.3 Å². The summed E-state index contributed by atoms with van der Waals surface area (Å²) in [5, 5.41) is 9.14. The second-order valence-corrected chi connectivity index (χ2v) is 7.95. The number of carbonyl (C=O) groups is 1. The molecule has 0 fully saturated rings. The van der Waals surface area contributed by atoms with Crippen LogP contribution in [-0.4, -0.2) is 32.3 Å². The fourth-order valence-corrected chi connectivity index (χ4v) is 3.85. The molecule has 0 aliphatic rings. The number of ether oxygens (including phenoxy) is 1. The fourth-order valence-electron chi connectivity index (χ4n) is 3.85. The summed E-state index contributed by atoms with van der Waals surface area (Å²) in [7, 11) is 0. The Labute approximate surface area is 200 Å². The number of aromatic amines is 1. The molecule has 9 heteroatoms. The molecule has 0 saturated carbocycles. The first-order valence-electron chi connectivity index (χ1n) is 11.1. The number of anilines is 1. The highest BCUT2D eigenvalue weighted by Crippen LogP contribution is 2.30. The van der Waals surface area contributed by atoms with Crippen molar-refractivity contribution in [2.45, 2.75) is 20.8 Å². The zero-order valence-corrected chi connectivity index (χ0v) is 19.5. The molecule has 0 aliphatic heterocycles. The predicted octanol–water partition coefficient (Wildman–Crippen LogP) is 4.64. The quantitative estimate of drug-likeness (QED) is 0.374. The van der Waals surface area contributed by atoms with Crippen molar-refractivity contribution in [3.63, 3.8) is 0 Å². The minimum absolute atomic E-state index is 0.175. The number of aromatic nitrogens is 4. The summed E-state index contributed by atoms with van der Waals surface area (Å²) in [5.74, 6) is 1.07. The Hall–Kier alpha value is -4.66. The van der Waals surface area contributed by atoms with Gasteiger partial charge in [-0.2, -0.15) is 9.78 Å². The summed E-state index contributed by atoms with van der Waals surface area (Å²) < 4.78 is 12.6. The maximum absolute atomic E-state index is 13.6. The van der Waals surface area contributed by atoms with E-state index in [1.807, 2.05) is 37.3 Å². The topological polar surface area (TPSA) is 115 Å². The standard InChI is InChI=1S/C26H23N5O4/c1-4-34-21-12-11-17-8-5-6-9-18(17)23(21)25(33)28-22-14-19(20-10-7-13-35-20)30-31(22)26-27-16(3)15(2)24(32)29-26/h5-14H,4H2,1-3H3,(H,28,33)(H,27,29,32). The van der Waals surface area contributed by atoms with Crippen LogP contribution in [0.4, 0.5) is 5.82 Å². The van der Waals surface area contributed by atoms with Crippen LogP contribution in [-0.2, 0) is 0 Å². The van der Waals surface area contributed by atoms with Crippen LogP contribution in [0.25, 0.3) is 28.2 Å². The maximum atomic E-state index is 13.6. The number of hydrogen-bond acceptors (Lipinski definition) is 6. The predicted molar refractivity (Wildman–Crippen MR) is 132 cm³/mol. The molecule has 0 bridgehead atoms. The summed E-state index contributed by atoms with van der Waals surface area (Å²) in [6.45, 7) is 5.71. The highest BCUT2D eigenvalue weighted by atomic mass is 16.5. The van der Waals surface area contributed by atoms with Gasteiger partial charge < -0.3 is 14.5 Å². The Morgan fingerprint density at radius 1 is 1.14 bits per heavy atom. The molecule has 2 N–H and O–H groups in total. The minimum Gasteiger partial charge on any atom is -0.493 e. The van der Waals surface area contributed by atoms with Crippen molar-refractivity contribution >= 4 is 22.5 Å². The van der Waals surface area contributed by atoms with Crippen LogP contribution in [0, 0.1) is 13.8 Å². The van der Waals surface area contributed by atoms with Crippen molar-refractivity contribution in [3.8, 4) is 23.2 Å². The molecule has 9 nitrogen and oxygen atoms in total. The molecule has 0 atom stereocenters. The molecule has 3 heterocycles. The number of nitrogens with one attached hydrogen (secondary N) is 2. The zero-order chi connectivity index (χ0) is 24.5. The van der Waals surface area contributed by atoms with Crippen LogP contribution in [0.2, 0.25) is 0 Å². The van der Waals surface area contributed by atoms with Crippen LogP contribution < -0.4 is 15.6 Å². The Balaban J connectivity index is 1.64. The highest BCUT2D eigenvalue weighted by Gasteiger charge is 2.22. The van der Waals surface area contributed by atoms with Gasteiger partial charge in [0.05, 0.1) is 18.4 Å². The van der Waals surface area contributed by atoms with Gasteiger partial charge in [-0.25, -0.2) is 4.98 Å². The van der Waals surface area contributed by atoms with Crippen LogP contribution >= 0.6 is 0 Å². The summed E-state index contributed by atoms with van der Waals surface area (Å²) in [6.07, 6.45) is 1.53. The van der Waals surface area contributed by atoms with E-state index >= 15 is 0 Å². The van der Waals surface area contributed by atoms with Crippen molar-refractivity contribution in [1.29, 1.82) is 0 Å². The van der Waals surface area contributed by atoms with Crippen molar-refractivity contribution in [1.82, 2.24) is 19.7 Å². The van der Waals surface area contributed by atoms with Gasteiger partial charge in [-0.3, -0.25) is 14.6 Å². The highest BCUT2D eigenvalue weighted by molar-refractivity contribution is 6.15. The fraction of sp³-hybridized carbons (Fsp3) is 0.154. The van der Waals surface area contributed by atoms with E-state index in [0.717, 1.165) is 10.8 Å². The van der Waals surface area contributed by atoms with E-state index in [0.29, 0.717) is 46.4 Å². The number of furan rings is 1. The molecule has 35 heavy (non-hydrogen) atoms. The second kappa shape index (κ2) is 8.94. The molecule has 2 aromatic carbocycles. The Morgan fingerprint density at radius 3 is 2.71 bits per heavy atom. The van der Waals surface area contributed by atoms with Gasteiger partial charge in [-0.05, 0) is 49.7 Å². The molecule has 176 valence electrons. The third-order valence-electron chi connectivity index (χ3n) is 5.73. The van der Waals surface area contributed by atoms with Gasteiger partial charge in [-0.1, -0.05) is 30.3 Å². The maximum Gasteiger partial charge on any atom is 0.261 e. The second-order valence-electron chi connectivity index (χ2n) is 7.95. The largest absolute Gasteiger partial charge is 0.493 e. The third kappa shape index (κ3) is 4.08. The minimum atomic E-state index is -0.386. The van der Waals surface area contributed by atoms with Crippen molar-refractivity contribution in [2.24, 2.45) is 0 Å². The van der Waals surface area contributed by atoms with Crippen molar-refractivity contribution < 1.29 is 13.9 Å². The Bertz CT molecular complexity index is 1600. The number of aryl methyl sites for hydroxylation is 1. The van der Waals surface area contributed by atoms with Gasteiger partial charge in [0.1, 0.15) is 17.3 Å². The van der Waals surface area contributed by atoms with Crippen molar-refractivity contribution in [3.05, 3.63) is 88.0 Å². The van der Waals surface area contributed by atoms with E-state index in [4.69, 9.17) is 9.15 Å². The number of fused-ring (bicyclic) bond motifs is 1. The summed E-state index contributed by atoms with van der Waals surface area (Å²) in [5.41, 5.74) is 1.65. The van der Waals surface area contributed by atoms with Crippen LogP contribution in [0.5, 0.6) is 5.75 Å². The van der Waals surface area contributed by atoms with E-state index in [2.05, 4.69) is 20.4 Å². The Morgan fingerprint density at radius 2 is 1.97 bits per heavy atom. The molecule has 0 radical (unpaired) electrons. The lowest BCUT2D eigenvalue weighted by Gasteiger charge is -2.14. The van der Waals surface area contributed by atoms with E-state index in [9.17, 15) is 9.59 Å². The number of amides is 1. The van der Waals surface area contributed by atoms with Gasteiger partial charge in [0.2, 0.25) is 5.95 Å². The van der Waals surface area contributed by atoms with Crippen LogP contribution in [0.15, 0.2) is 70.1 Å². The first-order chi connectivity index (χ1) is 17.0.